The molecule has 0 aromatic carbocycles. The zero-order valence-corrected chi connectivity index (χ0v) is 10.7. The van der Waals surface area contributed by atoms with Crippen molar-refractivity contribution in [3.05, 3.63) is 12.3 Å². The molecule has 1 saturated heterocycles. The second-order valence-corrected chi connectivity index (χ2v) is 5.63. The van der Waals surface area contributed by atoms with Crippen LogP contribution in [0.4, 0.5) is 11.8 Å². The third-order valence-corrected chi connectivity index (χ3v) is 3.99. The summed E-state index contributed by atoms with van der Waals surface area (Å²) in [6.07, 6.45) is 7.35. The fourth-order valence-corrected chi connectivity index (χ4v) is 2.70. The van der Waals surface area contributed by atoms with Crippen molar-refractivity contribution >= 4 is 11.8 Å². The van der Waals surface area contributed by atoms with Gasteiger partial charge in [-0.05, 0) is 37.2 Å². The first-order chi connectivity index (χ1) is 8.19. The molecule has 2 aliphatic rings. The minimum Gasteiger partial charge on any atom is -0.363 e. The molecule has 0 bridgehead atoms. The van der Waals surface area contributed by atoms with Crippen LogP contribution in [-0.4, -0.2) is 37.2 Å². The Morgan fingerprint density at radius 3 is 2.82 bits per heavy atom. The van der Waals surface area contributed by atoms with Gasteiger partial charge in [0, 0.05) is 33.4 Å². The first kappa shape index (κ1) is 10.8. The van der Waals surface area contributed by atoms with E-state index in [-0.39, 0.29) is 0 Å². The molecule has 0 atom stereocenters. The zero-order chi connectivity index (χ0) is 11.9. The van der Waals surface area contributed by atoms with Gasteiger partial charge in [0.05, 0.1) is 0 Å². The maximum absolute atomic E-state index is 4.63. The predicted octanol–water partition coefficient (Wildman–Crippen LogP) is 1.92. The van der Waals surface area contributed by atoms with Crippen LogP contribution in [-0.2, 0) is 0 Å². The van der Waals surface area contributed by atoms with E-state index < -0.39 is 0 Å². The van der Waals surface area contributed by atoms with Crippen molar-refractivity contribution in [2.24, 2.45) is 5.41 Å². The summed E-state index contributed by atoms with van der Waals surface area (Å²) in [5.74, 6) is 1.90. The lowest BCUT2D eigenvalue weighted by Gasteiger charge is -2.33. The van der Waals surface area contributed by atoms with Crippen LogP contribution in [0.3, 0.4) is 0 Å². The van der Waals surface area contributed by atoms with Crippen LogP contribution in [0, 0.1) is 5.41 Å². The van der Waals surface area contributed by atoms with Crippen LogP contribution in [0.2, 0.25) is 0 Å². The topological polar surface area (TPSA) is 32.3 Å². The minimum absolute atomic E-state index is 0.621. The van der Waals surface area contributed by atoms with Crippen molar-refractivity contribution in [2.75, 3.05) is 37.0 Å². The molecule has 1 saturated carbocycles. The standard InChI is InChI=1S/C13H20N4/c1-16(2)11-4-8-14-12(15-11)17-9-3-5-13(10-17)6-7-13/h4,8H,3,5-7,9-10H2,1-2H3. The molecule has 0 N–H and O–H groups in total. The van der Waals surface area contributed by atoms with Gasteiger partial charge in [-0.25, -0.2) is 4.98 Å². The largest absolute Gasteiger partial charge is 0.363 e. The fourth-order valence-electron chi connectivity index (χ4n) is 2.70. The van der Waals surface area contributed by atoms with Gasteiger partial charge in [-0.1, -0.05) is 0 Å². The third kappa shape index (κ3) is 2.08. The second kappa shape index (κ2) is 3.86. The van der Waals surface area contributed by atoms with E-state index in [1.165, 1.54) is 25.7 Å². The first-order valence-electron chi connectivity index (χ1n) is 6.44. The molecule has 1 aliphatic carbocycles. The van der Waals surface area contributed by atoms with Crippen LogP contribution < -0.4 is 9.80 Å². The highest BCUT2D eigenvalue weighted by molar-refractivity contribution is 5.43. The van der Waals surface area contributed by atoms with E-state index in [1.807, 2.05) is 31.3 Å². The molecule has 1 spiro atoms. The average molecular weight is 232 g/mol. The number of rotatable bonds is 2. The molecule has 2 heterocycles. The summed E-state index contributed by atoms with van der Waals surface area (Å²) in [6, 6.07) is 1.96. The van der Waals surface area contributed by atoms with E-state index in [9.17, 15) is 0 Å². The molecule has 3 rings (SSSR count). The first-order valence-corrected chi connectivity index (χ1v) is 6.44. The zero-order valence-electron chi connectivity index (χ0n) is 10.7. The van der Waals surface area contributed by atoms with Crippen molar-refractivity contribution < 1.29 is 0 Å². The second-order valence-electron chi connectivity index (χ2n) is 5.63. The number of nitrogens with zero attached hydrogens (tertiary/aromatic N) is 4. The van der Waals surface area contributed by atoms with Crippen molar-refractivity contribution in [3.63, 3.8) is 0 Å². The van der Waals surface area contributed by atoms with Gasteiger partial charge < -0.3 is 9.80 Å². The molecule has 4 nitrogen and oxygen atoms in total. The Kier molecular flexibility index (Phi) is 2.45. The normalized spacial score (nSPS) is 21.6. The molecular weight excluding hydrogens is 212 g/mol. The van der Waals surface area contributed by atoms with Crippen molar-refractivity contribution in [1.29, 1.82) is 0 Å². The molecule has 17 heavy (non-hydrogen) atoms. The Hall–Kier alpha value is -1.32. The van der Waals surface area contributed by atoms with Crippen molar-refractivity contribution in [3.8, 4) is 0 Å². The summed E-state index contributed by atoms with van der Waals surface area (Å²) in [5, 5.41) is 0. The van der Waals surface area contributed by atoms with Gasteiger partial charge in [-0.2, -0.15) is 4.98 Å². The average Bonchev–Trinajstić information content (AvgIpc) is 3.08. The Labute approximate surface area is 103 Å². The molecule has 2 fully saturated rings. The summed E-state index contributed by atoms with van der Waals surface area (Å²) < 4.78 is 0. The maximum atomic E-state index is 4.63. The molecule has 0 radical (unpaired) electrons. The molecule has 1 aromatic rings. The van der Waals surface area contributed by atoms with Gasteiger partial charge in [0.25, 0.3) is 0 Å². The van der Waals surface area contributed by atoms with Gasteiger partial charge in [0.15, 0.2) is 0 Å². The Balaban J connectivity index is 1.80. The highest BCUT2D eigenvalue weighted by Crippen LogP contribution is 2.52. The number of anilines is 2. The smallest absolute Gasteiger partial charge is 0.227 e. The quantitative estimate of drug-likeness (QED) is 0.780. The van der Waals surface area contributed by atoms with Gasteiger partial charge >= 0.3 is 0 Å². The van der Waals surface area contributed by atoms with E-state index in [1.54, 1.807) is 0 Å². The summed E-state index contributed by atoms with van der Waals surface area (Å²) in [7, 11) is 4.04. The van der Waals surface area contributed by atoms with Crippen LogP contribution in [0.25, 0.3) is 0 Å². The lowest BCUT2D eigenvalue weighted by atomic mass is 9.95. The molecule has 0 unspecified atom stereocenters. The van der Waals surface area contributed by atoms with E-state index in [0.29, 0.717) is 5.41 Å². The lowest BCUT2D eigenvalue weighted by molar-refractivity contribution is 0.391. The Morgan fingerprint density at radius 2 is 2.12 bits per heavy atom. The van der Waals surface area contributed by atoms with Crippen LogP contribution >= 0.6 is 0 Å². The monoisotopic (exact) mass is 232 g/mol. The predicted molar refractivity (Wildman–Crippen MR) is 69.5 cm³/mol. The summed E-state index contributed by atoms with van der Waals surface area (Å²) in [6.45, 7) is 2.27. The fraction of sp³-hybridized carbons (Fsp3) is 0.692. The molecule has 0 amide bonds. The number of hydrogen-bond acceptors (Lipinski definition) is 4. The van der Waals surface area contributed by atoms with Gasteiger partial charge in [-0.15, -0.1) is 0 Å². The summed E-state index contributed by atoms with van der Waals surface area (Å²) in [5.41, 5.74) is 0.621. The van der Waals surface area contributed by atoms with E-state index >= 15 is 0 Å². The molecule has 1 aromatic heterocycles. The SMILES string of the molecule is CN(C)c1ccnc(N2CCCC3(CC3)C2)n1. The van der Waals surface area contributed by atoms with E-state index in [4.69, 9.17) is 0 Å². The molecule has 92 valence electrons. The number of piperidine rings is 1. The highest BCUT2D eigenvalue weighted by Gasteiger charge is 2.45. The van der Waals surface area contributed by atoms with Gasteiger partial charge in [0.2, 0.25) is 5.95 Å². The highest BCUT2D eigenvalue weighted by atomic mass is 15.3. The van der Waals surface area contributed by atoms with Crippen LogP contribution in [0.5, 0.6) is 0 Å². The molecule has 4 heteroatoms. The number of aromatic nitrogens is 2. The summed E-state index contributed by atoms with van der Waals surface area (Å²) in [4.78, 5) is 13.5. The van der Waals surface area contributed by atoms with E-state index in [2.05, 4.69) is 14.9 Å². The third-order valence-electron chi connectivity index (χ3n) is 3.99. The Morgan fingerprint density at radius 1 is 1.29 bits per heavy atom. The minimum atomic E-state index is 0.621. The van der Waals surface area contributed by atoms with Crippen LogP contribution in [0.15, 0.2) is 12.3 Å². The lowest BCUT2D eigenvalue weighted by Crippen LogP contribution is -2.37. The maximum Gasteiger partial charge on any atom is 0.227 e. The van der Waals surface area contributed by atoms with E-state index in [0.717, 1.165) is 24.9 Å². The molecular formula is C13H20N4. The van der Waals surface area contributed by atoms with Crippen molar-refractivity contribution in [1.82, 2.24) is 9.97 Å². The summed E-state index contributed by atoms with van der Waals surface area (Å²) >= 11 is 0. The van der Waals surface area contributed by atoms with Crippen molar-refractivity contribution in [2.45, 2.75) is 25.7 Å². The van der Waals surface area contributed by atoms with Crippen LogP contribution in [0.1, 0.15) is 25.7 Å². The number of hydrogen-bond donors (Lipinski definition) is 0. The molecule has 1 aliphatic heterocycles. The van der Waals surface area contributed by atoms with Gasteiger partial charge in [0.1, 0.15) is 5.82 Å². The Bertz CT molecular complexity index is 412. The van der Waals surface area contributed by atoms with Gasteiger partial charge in [-0.3, -0.25) is 0 Å².